The van der Waals surface area contributed by atoms with Crippen LogP contribution in [0.25, 0.3) is 6.08 Å². The molecule has 1 atom stereocenters. The zero-order chi connectivity index (χ0) is 12.7. The fourth-order valence-corrected chi connectivity index (χ4v) is 2.92. The normalized spacial score (nSPS) is 16.9. The molecule has 1 unspecified atom stereocenters. The molecule has 0 amide bonds. The Balaban J connectivity index is 2.19. The van der Waals surface area contributed by atoms with Crippen molar-refractivity contribution in [3.05, 3.63) is 59.2 Å². The summed E-state index contributed by atoms with van der Waals surface area (Å²) < 4.78 is 0. The SMILES string of the molecule is Oc1ccc(S)c(S)c1C1C=Cc2ccccc21. The maximum Gasteiger partial charge on any atom is 0.120 e. The minimum atomic E-state index is 0.0563. The predicted molar refractivity (Wildman–Crippen MR) is 79.9 cm³/mol. The Labute approximate surface area is 117 Å². The molecule has 1 aliphatic carbocycles. The van der Waals surface area contributed by atoms with Crippen LogP contribution in [0.3, 0.4) is 0 Å². The maximum absolute atomic E-state index is 10.1. The van der Waals surface area contributed by atoms with Crippen LogP contribution in [-0.4, -0.2) is 5.11 Å². The molecule has 1 nitrogen and oxygen atoms in total. The quantitative estimate of drug-likeness (QED) is 0.667. The third-order valence-corrected chi connectivity index (χ3v) is 4.31. The third kappa shape index (κ3) is 1.74. The van der Waals surface area contributed by atoms with Gasteiger partial charge in [0.05, 0.1) is 0 Å². The molecule has 0 heterocycles. The molecule has 0 aliphatic heterocycles. The van der Waals surface area contributed by atoms with Gasteiger partial charge in [-0.05, 0) is 23.3 Å². The Morgan fingerprint density at radius 1 is 1.00 bits per heavy atom. The lowest BCUT2D eigenvalue weighted by Crippen LogP contribution is -1.98. The zero-order valence-electron chi connectivity index (χ0n) is 9.54. The number of benzene rings is 2. The average molecular weight is 272 g/mol. The van der Waals surface area contributed by atoms with Crippen molar-refractivity contribution in [2.45, 2.75) is 15.7 Å². The van der Waals surface area contributed by atoms with Crippen LogP contribution in [-0.2, 0) is 0 Å². The molecule has 3 heteroatoms. The molecule has 18 heavy (non-hydrogen) atoms. The predicted octanol–water partition coefficient (Wildman–Crippen LogP) is 4.13. The summed E-state index contributed by atoms with van der Waals surface area (Å²) in [6.45, 7) is 0. The van der Waals surface area contributed by atoms with Crippen LogP contribution in [0.2, 0.25) is 0 Å². The van der Waals surface area contributed by atoms with Gasteiger partial charge in [-0.2, -0.15) is 0 Å². The first-order chi connectivity index (χ1) is 8.68. The van der Waals surface area contributed by atoms with Gasteiger partial charge in [0.25, 0.3) is 0 Å². The summed E-state index contributed by atoms with van der Waals surface area (Å²) in [4.78, 5) is 1.52. The summed E-state index contributed by atoms with van der Waals surface area (Å²) in [5.41, 5.74) is 3.22. The molecule has 1 N–H and O–H groups in total. The van der Waals surface area contributed by atoms with E-state index in [0.717, 1.165) is 15.4 Å². The second-order valence-corrected chi connectivity index (χ2v) is 5.26. The molecule has 1 aliphatic rings. The van der Waals surface area contributed by atoms with Gasteiger partial charge < -0.3 is 5.11 Å². The number of phenolic OH excluding ortho intramolecular Hbond substituents is 1. The van der Waals surface area contributed by atoms with Crippen molar-refractivity contribution >= 4 is 31.3 Å². The Morgan fingerprint density at radius 3 is 2.61 bits per heavy atom. The number of rotatable bonds is 1. The lowest BCUT2D eigenvalue weighted by molar-refractivity contribution is 0.464. The number of fused-ring (bicyclic) bond motifs is 1. The van der Waals surface area contributed by atoms with E-state index in [1.807, 2.05) is 12.1 Å². The number of aromatic hydroxyl groups is 1. The highest BCUT2D eigenvalue weighted by atomic mass is 32.1. The van der Waals surface area contributed by atoms with Gasteiger partial charge in [0.1, 0.15) is 5.75 Å². The van der Waals surface area contributed by atoms with Crippen LogP contribution in [0.5, 0.6) is 5.75 Å². The smallest absolute Gasteiger partial charge is 0.120 e. The van der Waals surface area contributed by atoms with Crippen molar-refractivity contribution in [3.63, 3.8) is 0 Å². The van der Waals surface area contributed by atoms with E-state index in [1.54, 1.807) is 12.1 Å². The Kier molecular flexibility index (Phi) is 2.88. The van der Waals surface area contributed by atoms with Gasteiger partial charge in [-0.1, -0.05) is 36.4 Å². The summed E-state index contributed by atoms with van der Waals surface area (Å²) in [5, 5.41) is 10.1. The lowest BCUT2D eigenvalue weighted by Gasteiger charge is -2.16. The van der Waals surface area contributed by atoms with Gasteiger partial charge in [-0.25, -0.2) is 0 Å². The van der Waals surface area contributed by atoms with Crippen molar-refractivity contribution in [2.24, 2.45) is 0 Å². The fraction of sp³-hybridized carbons (Fsp3) is 0.0667. The topological polar surface area (TPSA) is 20.2 Å². The van der Waals surface area contributed by atoms with Crippen molar-refractivity contribution < 1.29 is 5.11 Å². The van der Waals surface area contributed by atoms with E-state index >= 15 is 0 Å². The van der Waals surface area contributed by atoms with Crippen LogP contribution < -0.4 is 0 Å². The van der Waals surface area contributed by atoms with Crippen molar-refractivity contribution in [3.8, 4) is 5.75 Å². The first kappa shape index (κ1) is 11.8. The van der Waals surface area contributed by atoms with E-state index in [4.69, 9.17) is 0 Å². The van der Waals surface area contributed by atoms with Crippen molar-refractivity contribution in [1.29, 1.82) is 0 Å². The molecular formula is C15H12OS2. The summed E-state index contributed by atoms with van der Waals surface area (Å²) in [6.07, 6.45) is 4.17. The standard InChI is InChI=1S/C15H12OS2/c16-12-7-8-13(17)15(18)14(12)11-6-5-9-3-1-2-4-10(9)11/h1-8,11,16-18H. The highest BCUT2D eigenvalue weighted by Gasteiger charge is 2.23. The number of hydrogen-bond acceptors (Lipinski definition) is 3. The average Bonchev–Trinajstić information content (AvgIpc) is 2.79. The minimum absolute atomic E-state index is 0.0563. The molecular weight excluding hydrogens is 260 g/mol. The van der Waals surface area contributed by atoms with Gasteiger partial charge in [0, 0.05) is 21.3 Å². The highest BCUT2D eigenvalue weighted by molar-refractivity contribution is 7.83. The molecule has 90 valence electrons. The molecule has 0 fully saturated rings. The molecule has 0 saturated carbocycles. The lowest BCUT2D eigenvalue weighted by atomic mass is 9.92. The maximum atomic E-state index is 10.1. The van der Waals surface area contributed by atoms with Gasteiger partial charge in [0.2, 0.25) is 0 Å². The molecule has 3 rings (SSSR count). The number of phenols is 1. The van der Waals surface area contributed by atoms with Crippen LogP contribution in [0.4, 0.5) is 0 Å². The Morgan fingerprint density at radius 2 is 1.78 bits per heavy atom. The Bertz CT molecular complexity index is 647. The van der Waals surface area contributed by atoms with E-state index < -0.39 is 0 Å². The second-order valence-electron chi connectivity index (χ2n) is 4.33. The Hall–Kier alpha value is -1.32. The summed E-state index contributed by atoms with van der Waals surface area (Å²) >= 11 is 8.84. The zero-order valence-corrected chi connectivity index (χ0v) is 11.3. The summed E-state index contributed by atoms with van der Waals surface area (Å²) in [6, 6.07) is 11.6. The monoisotopic (exact) mass is 272 g/mol. The van der Waals surface area contributed by atoms with Gasteiger partial charge >= 0.3 is 0 Å². The fourth-order valence-electron chi connectivity index (χ4n) is 2.39. The summed E-state index contributed by atoms with van der Waals surface area (Å²) in [7, 11) is 0. The molecule has 0 aromatic heterocycles. The molecule has 0 radical (unpaired) electrons. The largest absolute Gasteiger partial charge is 0.508 e. The summed E-state index contributed by atoms with van der Waals surface area (Å²) in [5.74, 6) is 0.324. The van der Waals surface area contributed by atoms with Gasteiger partial charge in [-0.15, -0.1) is 25.3 Å². The molecule has 0 bridgehead atoms. The van der Waals surface area contributed by atoms with E-state index in [-0.39, 0.29) is 11.7 Å². The molecule has 0 saturated heterocycles. The van der Waals surface area contributed by atoms with E-state index in [1.165, 1.54) is 11.1 Å². The first-order valence-corrected chi connectivity index (χ1v) is 6.59. The van der Waals surface area contributed by atoms with E-state index in [9.17, 15) is 5.11 Å². The van der Waals surface area contributed by atoms with Crippen LogP contribution in [0.1, 0.15) is 22.6 Å². The minimum Gasteiger partial charge on any atom is -0.508 e. The second kappa shape index (κ2) is 4.41. The third-order valence-electron chi connectivity index (χ3n) is 3.28. The molecule has 2 aromatic rings. The van der Waals surface area contributed by atoms with E-state index in [2.05, 4.69) is 49.5 Å². The first-order valence-electron chi connectivity index (χ1n) is 5.69. The van der Waals surface area contributed by atoms with Gasteiger partial charge in [0.15, 0.2) is 0 Å². The molecule has 2 aromatic carbocycles. The van der Waals surface area contributed by atoms with Crippen molar-refractivity contribution in [1.82, 2.24) is 0 Å². The number of allylic oxidation sites excluding steroid dienone is 1. The molecule has 0 spiro atoms. The van der Waals surface area contributed by atoms with Crippen LogP contribution in [0.15, 0.2) is 52.3 Å². The van der Waals surface area contributed by atoms with E-state index in [0.29, 0.717) is 0 Å². The number of thiol groups is 2. The van der Waals surface area contributed by atoms with Crippen LogP contribution >= 0.6 is 25.3 Å². The number of hydrogen-bond donors (Lipinski definition) is 3. The van der Waals surface area contributed by atoms with Crippen molar-refractivity contribution in [2.75, 3.05) is 0 Å². The van der Waals surface area contributed by atoms with Crippen LogP contribution in [0, 0.1) is 0 Å². The highest BCUT2D eigenvalue weighted by Crippen LogP contribution is 2.43. The van der Waals surface area contributed by atoms with Gasteiger partial charge in [-0.3, -0.25) is 0 Å².